The van der Waals surface area contributed by atoms with Gasteiger partial charge in [0.05, 0.1) is 13.5 Å². The summed E-state index contributed by atoms with van der Waals surface area (Å²) in [6, 6.07) is 11.4. The molecular weight excluding hydrogens is 282 g/mol. The number of nitrogens with one attached hydrogen (secondary N) is 1. The fourth-order valence-electron chi connectivity index (χ4n) is 2.22. The molecule has 116 valence electrons. The zero-order valence-electron chi connectivity index (χ0n) is 12.8. The first-order chi connectivity index (χ1) is 10.3. The highest BCUT2D eigenvalue weighted by Gasteiger charge is 2.28. The summed E-state index contributed by atoms with van der Waals surface area (Å²) < 4.78 is 5.22. The van der Waals surface area contributed by atoms with Gasteiger partial charge in [0.2, 0.25) is 5.91 Å². The molecule has 0 unspecified atom stereocenters. The number of benzene rings is 2. The molecule has 2 aromatic rings. The second-order valence-corrected chi connectivity index (χ2v) is 5.66. The van der Waals surface area contributed by atoms with Crippen molar-refractivity contribution in [2.24, 2.45) is 0 Å². The van der Waals surface area contributed by atoms with Crippen LogP contribution in [0, 0.1) is 0 Å². The Balaban J connectivity index is 2.28. The van der Waals surface area contributed by atoms with Gasteiger partial charge in [-0.25, -0.2) is 4.79 Å². The molecule has 22 heavy (non-hydrogen) atoms. The largest absolute Gasteiger partial charge is 0.497 e. The van der Waals surface area contributed by atoms with Gasteiger partial charge < -0.3 is 15.2 Å². The molecular formula is C17H19NO4. The average molecular weight is 301 g/mol. The zero-order valence-corrected chi connectivity index (χ0v) is 12.8. The second kappa shape index (κ2) is 6.05. The minimum absolute atomic E-state index is 0.112. The van der Waals surface area contributed by atoms with E-state index in [9.17, 15) is 9.59 Å². The summed E-state index contributed by atoms with van der Waals surface area (Å²) in [5.41, 5.74) is -0.464. The number of carboxylic acid groups (broad SMARTS) is 1. The van der Waals surface area contributed by atoms with E-state index in [1.54, 1.807) is 7.11 Å². The van der Waals surface area contributed by atoms with Gasteiger partial charge in [0, 0.05) is 0 Å². The van der Waals surface area contributed by atoms with Crippen LogP contribution in [0.5, 0.6) is 5.75 Å². The molecule has 2 aromatic carbocycles. The number of methoxy groups -OCH3 is 1. The summed E-state index contributed by atoms with van der Waals surface area (Å²) >= 11 is 0. The minimum Gasteiger partial charge on any atom is -0.497 e. The topological polar surface area (TPSA) is 75.6 Å². The van der Waals surface area contributed by atoms with Crippen LogP contribution in [-0.2, 0) is 16.0 Å². The monoisotopic (exact) mass is 301 g/mol. The van der Waals surface area contributed by atoms with Gasteiger partial charge in [0.15, 0.2) is 0 Å². The summed E-state index contributed by atoms with van der Waals surface area (Å²) in [6.07, 6.45) is 0.112. The van der Waals surface area contributed by atoms with E-state index in [-0.39, 0.29) is 12.3 Å². The van der Waals surface area contributed by atoms with Crippen LogP contribution in [0.2, 0.25) is 0 Å². The van der Waals surface area contributed by atoms with Gasteiger partial charge in [-0.05, 0) is 42.3 Å². The highest BCUT2D eigenvalue weighted by atomic mass is 16.5. The highest BCUT2D eigenvalue weighted by molar-refractivity contribution is 5.93. The van der Waals surface area contributed by atoms with Crippen LogP contribution >= 0.6 is 0 Å². The summed E-state index contributed by atoms with van der Waals surface area (Å²) in [5, 5.41) is 13.5. The quantitative estimate of drug-likeness (QED) is 0.889. The maximum Gasteiger partial charge on any atom is 0.328 e. The Kier molecular flexibility index (Phi) is 4.35. The highest BCUT2D eigenvalue weighted by Crippen LogP contribution is 2.24. The number of hydrogen-bond acceptors (Lipinski definition) is 3. The number of carbonyl (C=O) groups is 2. The van der Waals surface area contributed by atoms with Gasteiger partial charge in [-0.2, -0.15) is 0 Å². The molecule has 0 radical (unpaired) electrons. The minimum atomic E-state index is -1.29. The van der Waals surface area contributed by atoms with Gasteiger partial charge in [0.1, 0.15) is 11.3 Å². The molecule has 0 atom stereocenters. The molecule has 0 spiro atoms. The van der Waals surface area contributed by atoms with Crippen molar-refractivity contribution in [2.45, 2.75) is 25.8 Å². The second-order valence-electron chi connectivity index (χ2n) is 5.66. The zero-order chi connectivity index (χ0) is 16.3. The van der Waals surface area contributed by atoms with E-state index >= 15 is 0 Å². The summed E-state index contributed by atoms with van der Waals surface area (Å²) in [7, 11) is 1.59. The normalized spacial score (nSPS) is 11.2. The number of aliphatic carboxylic acids is 1. The number of hydrogen-bond donors (Lipinski definition) is 2. The van der Waals surface area contributed by atoms with Crippen molar-refractivity contribution in [2.75, 3.05) is 7.11 Å². The van der Waals surface area contributed by atoms with Gasteiger partial charge >= 0.3 is 5.97 Å². The molecule has 5 nitrogen and oxygen atoms in total. The molecule has 0 bridgehead atoms. The predicted octanol–water partition coefficient (Wildman–Crippen LogP) is 2.37. The number of fused-ring (bicyclic) bond motifs is 1. The average Bonchev–Trinajstić information content (AvgIpc) is 2.46. The number of rotatable bonds is 5. The lowest BCUT2D eigenvalue weighted by molar-refractivity contribution is -0.145. The van der Waals surface area contributed by atoms with Crippen molar-refractivity contribution in [3.63, 3.8) is 0 Å². The van der Waals surface area contributed by atoms with E-state index in [1.807, 2.05) is 36.4 Å². The number of carboxylic acids is 1. The molecule has 0 saturated carbocycles. The Bertz CT molecular complexity index is 722. The lowest BCUT2D eigenvalue weighted by Gasteiger charge is -2.21. The smallest absolute Gasteiger partial charge is 0.328 e. The molecule has 1 amide bonds. The molecule has 0 saturated heterocycles. The van der Waals surface area contributed by atoms with E-state index in [4.69, 9.17) is 9.84 Å². The Morgan fingerprint density at radius 2 is 1.95 bits per heavy atom. The maximum atomic E-state index is 12.1. The van der Waals surface area contributed by atoms with Crippen LogP contribution in [0.25, 0.3) is 10.8 Å². The number of carbonyl (C=O) groups excluding carboxylic acids is 1. The van der Waals surface area contributed by atoms with E-state index in [2.05, 4.69) is 5.32 Å². The number of amides is 1. The Labute approximate surface area is 128 Å². The third-order valence-electron chi connectivity index (χ3n) is 3.52. The van der Waals surface area contributed by atoms with Gasteiger partial charge in [-0.3, -0.25) is 4.79 Å². The first kappa shape index (κ1) is 15.8. The maximum absolute atomic E-state index is 12.1. The number of ether oxygens (including phenoxy) is 1. The molecule has 2 N–H and O–H groups in total. The van der Waals surface area contributed by atoms with Crippen molar-refractivity contribution in [1.82, 2.24) is 5.32 Å². The molecule has 5 heteroatoms. The van der Waals surface area contributed by atoms with E-state index in [1.165, 1.54) is 13.8 Å². The molecule has 2 rings (SSSR count). The summed E-state index contributed by atoms with van der Waals surface area (Å²) in [4.78, 5) is 23.2. The van der Waals surface area contributed by atoms with Gasteiger partial charge in [0.25, 0.3) is 0 Å². The summed E-state index contributed by atoms with van der Waals surface area (Å²) in [6.45, 7) is 2.92. The lowest BCUT2D eigenvalue weighted by Crippen LogP contribution is -2.50. The molecule has 0 aliphatic heterocycles. The van der Waals surface area contributed by atoms with Crippen LogP contribution in [-0.4, -0.2) is 29.6 Å². The molecule has 0 aliphatic carbocycles. The van der Waals surface area contributed by atoms with Crippen molar-refractivity contribution in [3.8, 4) is 5.75 Å². The summed E-state index contributed by atoms with van der Waals surface area (Å²) in [5.74, 6) is -0.686. The standard InChI is InChI=1S/C17H19NO4/c1-17(2,16(20)21)18-15(19)9-12-6-4-5-11-7-8-13(22-3)10-14(11)12/h4-8,10H,9H2,1-3H3,(H,18,19)(H,20,21). The van der Waals surface area contributed by atoms with Crippen molar-refractivity contribution >= 4 is 22.6 Å². The lowest BCUT2D eigenvalue weighted by atomic mass is 10.0. The van der Waals surface area contributed by atoms with Crippen LogP contribution in [0.3, 0.4) is 0 Å². The van der Waals surface area contributed by atoms with E-state index in [0.29, 0.717) is 5.75 Å². The third kappa shape index (κ3) is 3.36. The molecule has 0 fully saturated rings. The SMILES string of the molecule is COc1ccc2cccc(CC(=O)NC(C)(C)C(=O)O)c2c1. The fraction of sp³-hybridized carbons (Fsp3) is 0.294. The first-order valence-electron chi connectivity index (χ1n) is 6.93. The Morgan fingerprint density at radius 3 is 2.59 bits per heavy atom. The Morgan fingerprint density at radius 1 is 1.23 bits per heavy atom. The predicted molar refractivity (Wildman–Crippen MR) is 84.1 cm³/mol. The Hall–Kier alpha value is -2.56. The molecule has 0 heterocycles. The van der Waals surface area contributed by atoms with Crippen molar-refractivity contribution in [1.29, 1.82) is 0 Å². The molecule has 0 aliphatic rings. The van der Waals surface area contributed by atoms with Gasteiger partial charge in [-0.1, -0.05) is 24.3 Å². The fourth-order valence-corrected chi connectivity index (χ4v) is 2.22. The van der Waals surface area contributed by atoms with E-state index < -0.39 is 11.5 Å². The van der Waals surface area contributed by atoms with Crippen molar-refractivity contribution in [3.05, 3.63) is 42.0 Å². The van der Waals surface area contributed by atoms with Crippen LogP contribution in [0.1, 0.15) is 19.4 Å². The first-order valence-corrected chi connectivity index (χ1v) is 6.93. The molecule has 0 aromatic heterocycles. The van der Waals surface area contributed by atoms with Crippen LogP contribution in [0.4, 0.5) is 0 Å². The van der Waals surface area contributed by atoms with Crippen LogP contribution in [0.15, 0.2) is 36.4 Å². The third-order valence-corrected chi connectivity index (χ3v) is 3.52. The van der Waals surface area contributed by atoms with Crippen molar-refractivity contribution < 1.29 is 19.4 Å². The van der Waals surface area contributed by atoms with Gasteiger partial charge in [-0.15, -0.1) is 0 Å². The van der Waals surface area contributed by atoms with E-state index in [0.717, 1.165) is 16.3 Å². The van der Waals surface area contributed by atoms with Crippen LogP contribution < -0.4 is 10.1 Å².